The number of hydrogen-bond acceptors (Lipinski definition) is 4. The molecule has 0 aromatic heterocycles. The van der Waals surface area contributed by atoms with Crippen molar-refractivity contribution in [2.75, 3.05) is 40.5 Å². The predicted molar refractivity (Wildman–Crippen MR) is 65.6 cm³/mol. The smallest absolute Gasteiger partial charge is 0.0622 e. The molecule has 1 fully saturated rings. The van der Waals surface area contributed by atoms with Crippen molar-refractivity contribution in [3.8, 4) is 0 Å². The quantitative estimate of drug-likeness (QED) is 0.667. The van der Waals surface area contributed by atoms with E-state index in [1.54, 1.807) is 0 Å². The van der Waals surface area contributed by atoms with Crippen LogP contribution in [-0.2, 0) is 4.74 Å². The van der Waals surface area contributed by atoms with Crippen LogP contribution in [0.2, 0.25) is 0 Å². The molecule has 0 bridgehead atoms. The van der Waals surface area contributed by atoms with E-state index in [4.69, 9.17) is 4.74 Å². The second kappa shape index (κ2) is 6.55. The molecule has 96 valence electrons. The summed E-state index contributed by atoms with van der Waals surface area (Å²) >= 11 is 0. The van der Waals surface area contributed by atoms with E-state index in [2.05, 4.69) is 24.2 Å². The number of nitrogens with one attached hydrogen (secondary N) is 1. The van der Waals surface area contributed by atoms with E-state index in [-0.39, 0.29) is 12.1 Å². The number of nitrogens with zero attached hydrogens (tertiary/aromatic N) is 1. The van der Waals surface area contributed by atoms with Gasteiger partial charge in [0.2, 0.25) is 0 Å². The Morgan fingerprint density at radius 2 is 2.31 bits per heavy atom. The molecule has 1 heterocycles. The monoisotopic (exact) mass is 230 g/mol. The average Bonchev–Trinajstić information content (AvgIpc) is 2.82. The molecule has 2 N–H and O–H groups in total. The minimum atomic E-state index is -0.132. The minimum absolute atomic E-state index is 0.132. The normalized spacial score (nSPS) is 24.9. The fourth-order valence-electron chi connectivity index (χ4n) is 2.05. The van der Waals surface area contributed by atoms with Gasteiger partial charge in [-0.1, -0.05) is 0 Å². The Labute approximate surface area is 99.0 Å². The van der Waals surface area contributed by atoms with Crippen molar-refractivity contribution in [1.29, 1.82) is 0 Å². The molecule has 2 unspecified atom stereocenters. The Morgan fingerprint density at radius 1 is 1.56 bits per heavy atom. The molecule has 0 spiro atoms. The average molecular weight is 230 g/mol. The van der Waals surface area contributed by atoms with Gasteiger partial charge in [-0.05, 0) is 46.8 Å². The van der Waals surface area contributed by atoms with Crippen molar-refractivity contribution in [1.82, 2.24) is 10.2 Å². The van der Waals surface area contributed by atoms with Crippen LogP contribution in [0.25, 0.3) is 0 Å². The Morgan fingerprint density at radius 3 is 2.81 bits per heavy atom. The molecule has 0 amide bonds. The highest BCUT2D eigenvalue weighted by atomic mass is 16.5. The SMILES string of the molecule is CNC(C)(CO)CCCN(C)C1CCOC1. The van der Waals surface area contributed by atoms with Gasteiger partial charge in [0, 0.05) is 18.2 Å². The van der Waals surface area contributed by atoms with E-state index in [0.29, 0.717) is 6.04 Å². The molecule has 0 aliphatic carbocycles. The molecule has 4 nitrogen and oxygen atoms in total. The fourth-order valence-corrected chi connectivity index (χ4v) is 2.05. The predicted octanol–water partition coefficient (Wildman–Crippen LogP) is 0.458. The van der Waals surface area contributed by atoms with Crippen molar-refractivity contribution < 1.29 is 9.84 Å². The molecule has 0 radical (unpaired) electrons. The first-order valence-corrected chi connectivity index (χ1v) is 6.19. The summed E-state index contributed by atoms with van der Waals surface area (Å²) in [5.74, 6) is 0. The zero-order valence-electron chi connectivity index (χ0n) is 10.8. The summed E-state index contributed by atoms with van der Waals surface area (Å²) < 4.78 is 5.37. The van der Waals surface area contributed by atoms with Gasteiger partial charge in [-0.15, -0.1) is 0 Å². The highest BCUT2D eigenvalue weighted by Gasteiger charge is 2.23. The molecule has 1 aliphatic rings. The zero-order valence-corrected chi connectivity index (χ0v) is 10.8. The summed E-state index contributed by atoms with van der Waals surface area (Å²) in [5, 5.41) is 12.4. The number of rotatable bonds is 7. The standard InChI is InChI=1S/C12H26N2O2/c1-12(10-15,13-2)6-4-7-14(3)11-5-8-16-9-11/h11,13,15H,4-10H2,1-3H3. The van der Waals surface area contributed by atoms with E-state index >= 15 is 0 Å². The second-order valence-electron chi connectivity index (χ2n) is 5.07. The maximum absolute atomic E-state index is 9.27. The van der Waals surface area contributed by atoms with Crippen molar-refractivity contribution in [3.05, 3.63) is 0 Å². The summed E-state index contributed by atoms with van der Waals surface area (Å²) in [6.07, 6.45) is 3.25. The van der Waals surface area contributed by atoms with Crippen LogP contribution in [0.15, 0.2) is 0 Å². The van der Waals surface area contributed by atoms with Crippen molar-refractivity contribution >= 4 is 0 Å². The minimum Gasteiger partial charge on any atom is -0.394 e. The van der Waals surface area contributed by atoms with E-state index in [0.717, 1.165) is 39.0 Å². The molecular formula is C12H26N2O2. The van der Waals surface area contributed by atoms with Gasteiger partial charge < -0.3 is 20.1 Å². The molecule has 16 heavy (non-hydrogen) atoms. The summed E-state index contributed by atoms with van der Waals surface area (Å²) in [7, 11) is 4.07. The molecule has 4 heteroatoms. The van der Waals surface area contributed by atoms with Crippen LogP contribution < -0.4 is 5.32 Å². The third kappa shape index (κ3) is 4.01. The molecule has 1 rings (SSSR count). The highest BCUT2D eigenvalue weighted by Crippen LogP contribution is 2.14. The van der Waals surface area contributed by atoms with Gasteiger partial charge >= 0.3 is 0 Å². The molecule has 0 aromatic rings. The lowest BCUT2D eigenvalue weighted by atomic mass is 9.97. The van der Waals surface area contributed by atoms with Crippen LogP contribution in [0, 0.1) is 0 Å². The topological polar surface area (TPSA) is 44.7 Å². The lowest BCUT2D eigenvalue weighted by Crippen LogP contribution is -2.44. The maximum Gasteiger partial charge on any atom is 0.0622 e. The second-order valence-corrected chi connectivity index (χ2v) is 5.07. The largest absolute Gasteiger partial charge is 0.394 e. The number of ether oxygens (including phenoxy) is 1. The van der Waals surface area contributed by atoms with Gasteiger partial charge in [0.1, 0.15) is 0 Å². The van der Waals surface area contributed by atoms with Crippen molar-refractivity contribution in [3.63, 3.8) is 0 Å². The van der Waals surface area contributed by atoms with Gasteiger partial charge in [0.15, 0.2) is 0 Å². The number of aliphatic hydroxyl groups excluding tert-OH is 1. The lowest BCUT2D eigenvalue weighted by Gasteiger charge is -2.29. The van der Waals surface area contributed by atoms with E-state index in [1.807, 2.05) is 7.05 Å². The third-order valence-electron chi connectivity index (χ3n) is 3.72. The van der Waals surface area contributed by atoms with Crippen molar-refractivity contribution in [2.24, 2.45) is 0 Å². The summed E-state index contributed by atoms with van der Waals surface area (Å²) in [4.78, 5) is 2.38. The summed E-state index contributed by atoms with van der Waals surface area (Å²) in [6, 6.07) is 0.593. The first kappa shape index (κ1) is 13.9. The number of aliphatic hydroxyl groups is 1. The van der Waals surface area contributed by atoms with Crippen LogP contribution in [0.5, 0.6) is 0 Å². The number of hydrogen-bond donors (Lipinski definition) is 2. The molecule has 2 atom stereocenters. The van der Waals surface area contributed by atoms with Crippen LogP contribution in [-0.4, -0.2) is 62.0 Å². The summed E-state index contributed by atoms with van der Waals surface area (Å²) in [5.41, 5.74) is -0.132. The zero-order chi connectivity index (χ0) is 12.0. The Kier molecular flexibility index (Phi) is 5.69. The molecule has 0 aromatic carbocycles. The van der Waals surface area contributed by atoms with Gasteiger partial charge in [-0.25, -0.2) is 0 Å². The molecule has 0 saturated carbocycles. The van der Waals surface area contributed by atoms with Crippen LogP contribution >= 0.6 is 0 Å². The Bertz CT molecular complexity index is 189. The van der Waals surface area contributed by atoms with Gasteiger partial charge in [0.05, 0.1) is 13.2 Å². The highest BCUT2D eigenvalue weighted by molar-refractivity contribution is 4.81. The fraction of sp³-hybridized carbons (Fsp3) is 1.00. The molecule has 1 saturated heterocycles. The first-order chi connectivity index (χ1) is 7.61. The molecular weight excluding hydrogens is 204 g/mol. The van der Waals surface area contributed by atoms with Crippen LogP contribution in [0.4, 0.5) is 0 Å². The van der Waals surface area contributed by atoms with Gasteiger partial charge in [0.25, 0.3) is 0 Å². The van der Waals surface area contributed by atoms with Gasteiger partial charge in [-0.2, -0.15) is 0 Å². The Hall–Kier alpha value is -0.160. The van der Waals surface area contributed by atoms with Crippen LogP contribution in [0.1, 0.15) is 26.2 Å². The van der Waals surface area contributed by atoms with Crippen molar-refractivity contribution in [2.45, 2.75) is 37.8 Å². The summed E-state index contributed by atoms with van der Waals surface area (Å²) in [6.45, 7) is 5.11. The van der Waals surface area contributed by atoms with E-state index < -0.39 is 0 Å². The Balaban J connectivity index is 2.18. The van der Waals surface area contributed by atoms with E-state index in [9.17, 15) is 5.11 Å². The molecule has 1 aliphatic heterocycles. The van der Waals surface area contributed by atoms with Crippen LogP contribution in [0.3, 0.4) is 0 Å². The number of likely N-dealkylation sites (N-methyl/N-ethyl adjacent to an activating group) is 2. The lowest BCUT2D eigenvalue weighted by molar-refractivity contribution is 0.146. The maximum atomic E-state index is 9.27. The van der Waals surface area contributed by atoms with Gasteiger partial charge in [-0.3, -0.25) is 0 Å². The third-order valence-corrected chi connectivity index (χ3v) is 3.72. The van der Waals surface area contributed by atoms with E-state index in [1.165, 1.54) is 0 Å². The first-order valence-electron chi connectivity index (χ1n) is 6.19.